The van der Waals surface area contributed by atoms with Crippen molar-refractivity contribution in [3.05, 3.63) is 58.5 Å². The Balaban J connectivity index is 2.34. The third-order valence-electron chi connectivity index (χ3n) is 3.17. The van der Waals surface area contributed by atoms with Crippen LogP contribution in [0.25, 0.3) is 5.57 Å². The molecule has 89 valence electrons. The summed E-state index contributed by atoms with van der Waals surface area (Å²) in [6.07, 6.45) is 7.89. The third-order valence-corrected chi connectivity index (χ3v) is 3.60. The molecule has 0 aromatic heterocycles. The highest BCUT2D eigenvalue weighted by Crippen LogP contribution is 2.30. The van der Waals surface area contributed by atoms with E-state index in [1.165, 1.54) is 16.7 Å². The van der Waals surface area contributed by atoms with Crippen LogP contribution in [0.1, 0.15) is 31.4 Å². The molecule has 1 aromatic carbocycles. The van der Waals surface area contributed by atoms with Crippen LogP contribution in [-0.4, -0.2) is 0 Å². The topological polar surface area (TPSA) is 0 Å². The number of hydrogen-bond donors (Lipinski definition) is 0. The molecule has 1 aromatic rings. The lowest BCUT2D eigenvalue weighted by atomic mass is 9.89. The Morgan fingerprint density at radius 2 is 2.00 bits per heavy atom. The van der Waals surface area contributed by atoms with Gasteiger partial charge < -0.3 is 0 Å². The van der Waals surface area contributed by atoms with Gasteiger partial charge in [-0.05, 0) is 54.0 Å². The molecule has 0 bridgehead atoms. The summed E-state index contributed by atoms with van der Waals surface area (Å²) in [5.74, 6) is 0.590. The molecule has 0 amide bonds. The van der Waals surface area contributed by atoms with Crippen molar-refractivity contribution in [3.63, 3.8) is 0 Å². The molecular weight excluding hydrogens is 228 g/mol. The molecule has 0 heterocycles. The minimum Gasteiger partial charge on any atom is -0.0841 e. The van der Waals surface area contributed by atoms with Crippen LogP contribution in [-0.2, 0) is 0 Å². The summed E-state index contributed by atoms with van der Waals surface area (Å²) in [7, 11) is 0. The highest BCUT2D eigenvalue weighted by Gasteiger charge is 2.10. The maximum absolute atomic E-state index is 6.06. The first kappa shape index (κ1) is 12.4. The van der Waals surface area contributed by atoms with E-state index in [2.05, 4.69) is 51.5 Å². The monoisotopic (exact) mass is 245 g/mol. The number of allylic oxidation sites excluding steroid dienone is 4. The van der Waals surface area contributed by atoms with Gasteiger partial charge in [-0.25, -0.2) is 0 Å². The van der Waals surface area contributed by atoms with E-state index in [4.69, 9.17) is 11.6 Å². The van der Waals surface area contributed by atoms with Crippen LogP contribution < -0.4 is 0 Å². The first-order chi connectivity index (χ1) is 8.08. The van der Waals surface area contributed by atoms with Crippen LogP contribution in [0.5, 0.6) is 0 Å². The minimum absolute atomic E-state index is 0.590. The van der Waals surface area contributed by atoms with Gasteiger partial charge in [0.15, 0.2) is 0 Å². The van der Waals surface area contributed by atoms with Crippen LogP contribution >= 0.6 is 11.6 Å². The highest BCUT2D eigenvalue weighted by molar-refractivity contribution is 6.31. The predicted octanol–water partition coefficient (Wildman–Crippen LogP) is 5.22. The van der Waals surface area contributed by atoms with Crippen LogP contribution in [0.2, 0.25) is 5.02 Å². The van der Waals surface area contributed by atoms with Gasteiger partial charge in [-0.15, -0.1) is 0 Å². The van der Waals surface area contributed by atoms with Gasteiger partial charge in [0.2, 0.25) is 0 Å². The molecule has 0 unspecified atom stereocenters. The van der Waals surface area contributed by atoms with Crippen molar-refractivity contribution in [3.8, 4) is 0 Å². The standard InChI is InChI=1S/C16H18Cl/c1-11(2)13-5-4-6-14(10-13)15-7-8-16(17)12(3)9-15/h5-11H,4H2,1-3H3. The Bertz CT molecular complexity index is 478. The van der Waals surface area contributed by atoms with Gasteiger partial charge in [-0.2, -0.15) is 0 Å². The van der Waals surface area contributed by atoms with Crippen molar-refractivity contribution in [1.82, 2.24) is 0 Å². The fourth-order valence-corrected chi connectivity index (χ4v) is 2.16. The summed E-state index contributed by atoms with van der Waals surface area (Å²) in [5, 5.41) is 0.838. The summed E-state index contributed by atoms with van der Waals surface area (Å²) >= 11 is 6.06. The van der Waals surface area contributed by atoms with Crippen molar-refractivity contribution in [2.24, 2.45) is 5.92 Å². The highest BCUT2D eigenvalue weighted by atomic mass is 35.5. The average molecular weight is 246 g/mol. The molecule has 1 heteroatoms. The fourth-order valence-electron chi connectivity index (χ4n) is 2.05. The molecule has 17 heavy (non-hydrogen) atoms. The van der Waals surface area contributed by atoms with Crippen LogP contribution in [0, 0.1) is 19.3 Å². The molecule has 2 rings (SSSR count). The van der Waals surface area contributed by atoms with Crippen LogP contribution in [0.4, 0.5) is 0 Å². The molecule has 0 N–H and O–H groups in total. The van der Waals surface area contributed by atoms with Crippen molar-refractivity contribution < 1.29 is 0 Å². The fraction of sp³-hybridized carbons (Fsp3) is 0.312. The number of aryl methyl sites for hydroxylation is 1. The van der Waals surface area contributed by atoms with Crippen molar-refractivity contribution in [2.45, 2.75) is 27.2 Å². The molecule has 0 nitrogen and oxygen atoms in total. The number of rotatable bonds is 2. The molecule has 1 aliphatic carbocycles. The first-order valence-corrected chi connectivity index (χ1v) is 6.47. The molecule has 0 spiro atoms. The molecule has 0 saturated carbocycles. The Hall–Kier alpha value is -1.01. The zero-order valence-electron chi connectivity index (χ0n) is 10.6. The lowest BCUT2D eigenvalue weighted by Crippen LogP contribution is -1.99. The summed E-state index contributed by atoms with van der Waals surface area (Å²) in [6, 6.07) is 6.24. The lowest BCUT2D eigenvalue weighted by Gasteiger charge is -2.17. The molecule has 1 aliphatic rings. The van der Waals surface area contributed by atoms with E-state index in [9.17, 15) is 0 Å². The van der Waals surface area contributed by atoms with Gasteiger partial charge in [-0.3, -0.25) is 0 Å². The van der Waals surface area contributed by atoms with E-state index in [0.29, 0.717) is 5.92 Å². The second kappa shape index (κ2) is 5.10. The molecule has 0 atom stereocenters. The first-order valence-electron chi connectivity index (χ1n) is 6.09. The van der Waals surface area contributed by atoms with Crippen LogP contribution in [0.15, 0.2) is 35.9 Å². The van der Waals surface area contributed by atoms with Crippen molar-refractivity contribution in [2.75, 3.05) is 0 Å². The largest absolute Gasteiger partial charge is 0.0841 e. The van der Waals surface area contributed by atoms with Crippen LogP contribution in [0.3, 0.4) is 0 Å². The van der Waals surface area contributed by atoms with Gasteiger partial charge in [0.05, 0.1) is 0 Å². The normalized spacial score (nSPS) is 15.8. The molecule has 0 saturated heterocycles. The zero-order chi connectivity index (χ0) is 12.4. The predicted molar refractivity (Wildman–Crippen MR) is 76.0 cm³/mol. The van der Waals surface area contributed by atoms with Gasteiger partial charge >= 0.3 is 0 Å². The SMILES string of the molecule is Cc1cc(C2=CC(C(C)C)=CC[CH]2)ccc1Cl. The number of hydrogen-bond acceptors (Lipinski definition) is 0. The zero-order valence-corrected chi connectivity index (χ0v) is 11.4. The van der Waals surface area contributed by atoms with E-state index in [-0.39, 0.29) is 0 Å². The van der Waals surface area contributed by atoms with Gasteiger partial charge in [0.25, 0.3) is 0 Å². The van der Waals surface area contributed by atoms with E-state index in [1.54, 1.807) is 0 Å². The molecule has 0 aliphatic heterocycles. The Morgan fingerprint density at radius 1 is 1.24 bits per heavy atom. The Kier molecular flexibility index (Phi) is 3.73. The summed E-state index contributed by atoms with van der Waals surface area (Å²) in [5.41, 5.74) is 5.14. The number of benzene rings is 1. The summed E-state index contributed by atoms with van der Waals surface area (Å²) in [4.78, 5) is 0. The van der Waals surface area contributed by atoms with Gasteiger partial charge in [-0.1, -0.05) is 49.7 Å². The van der Waals surface area contributed by atoms with Gasteiger partial charge in [0, 0.05) is 5.02 Å². The summed E-state index contributed by atoms with van der Waals surface area (Å²) in [6.45, 7) is 6.52. The minimum atomic E-state index is 0.590. The lowest BCUT2D eigenvalue weighted by molar-refractivity contribution is 0.784. The second-order valence-electron chi connectivity index (χ2n) is 4.86. The van der Waals surface area contributed by atoms with E-state index in [1.807, 2.05) is 6.07 Å². The van der Waals surface area contributed by atoms with E-state index >= 15 is 0 Å². The van der Waals surface area contributed by atoms with E-state index in [0.717, 1.165) is 17.0 Å². The van der Waals surface area contributed by atoms with E-state index < -0.39 is 0 Å². The Labute approximate surface area is 109 Å². The van der Waals surface area contributed by atoms with Crippen molar-refractivity contribution in [1.29, 1.82) is 0 Å². The molecule has 1 radical (unpaired) electrons. The molecular formula is C16H18Cl. The second-order valence-corrected chi connectivity index (χ2v) is 5.27. The smallest absolute Gasteiger partial charge is 0.0435 e. The average Bonchev–Trinajstić information content (AvgIpc) is 2.33. The van der Waals surface area contributed by atoms with Gasteiger partial charge in [0.1, 0.15) is 0 Å². The maximum atomic E-state index is 6.06. The molecule has 0 fully saturated rings. The Morgan fingerprint density at radius 3 is 2.65 bits per heavy atom. The summed E-state index contributed by atoms with van der Waals surface area (Å²) < 4.78 is 0. The number of halogens is 1. The maximum Gasteiger partial charge on any atom is 0.0435 e. The third kappa shape index (κ3) is 2.81. The van der Waals surface area contributed by atoms with Crippen molar-refractivity contribution >= 4 is 17.2 Å². The quantitative estimate of drug-likeness (QED) is 0.670.